The van der Waals surface area contributed by atoms with E-state index in [4.69, 9.17) is 9.47 Å². The highest BCUT2D eigenvalue weighted by atomic mass is 16.5. The summed E-state index contributed by atoms with van der Waals surface area (Å²) in [5.41, 5.74) is 0. The normalized spacial score (nSPS) is 46.5. The van der Waals surface area contributed by atoms with Crippen LogP contribution in [0.25, 0.3) is 0 Å². The number of carbonyl (C=O) groups is 1. The first-order valence-electron chi connectivity index (χ1n) is 4.76. The van der Waals surface area contributed by atoms with Gasteiger partial charge in [-0.05, 0) is 12.8 Å². The summed E-state index contributed by atoms with van der Waals surface area (Å²) in [4.78, 5) is 11.6. The third kappa shape index (κ3) is 0.804. The van der Waals surface area contributed by atoms with E-state index < -0.39 is 0 Å². The van der Waals surface area contributed by atoms with Crippen LogP contribution in [0.2, 0.25) is 0 Å². The number of fused-ring (bicyclic) bond motifs is 5. The second kappa shape index (κ2) is 2.35. The smallest absolute Gasteiger partial charge is 0.165 e. The molecule has 2 fully saturated rings. The number of rotatable bonds is 1. The lowest BCUT2D eigenvalue weighted by Crippen LogP contribution is -2.29. The first-order valence-corrected chi connectivity index (χ1v) is 4.76. The Morgan fingerprint density at radius 2 is 2.08 bits per heavy atom. The van der Waals surface area contributed by atoms with Crippen LogP contribution in [0.15, 0.2) is 11.8 Å². The second-order valence-corrected chi connectivity index (χ2v) is 4.00. The molecular formula is C10H12O3. The fourth-order valence-electron chi connectivity index (χ4n) is 2.93. The van der Waals surface area contributed by atoms with Crippen molar-refractivity contribution >= 4 is 5.78 Å². The summed E-state index contributed by atoms with van der Waals surface area (Å²) in [7, 11) is 1.63. The monoisotopic (exact) mass is 180 g/mol. The van der Waals surface area contributed by atoms with Crippen molar-refractivity contribution < 1.29 is 14.3 Å². The Morgan fingerprint density at radius 1 is 1.38 bits per heavy atom. The van der Waals surface area contributed by atoms with Crippen molar-refractivity contribution in [2.75, 3.05) is 7.11 Å². The Hall–Kier alpha value is -0.830. The van der Waals surface area contributed by atoms with Crippen molar-refractivity contribution in [1.82, 2.24) is 0 Å². The average Bonchev–Trinajstić information content (AvgIpc) is 2.76. The third-order valence-corrected chi connectivity index (χ3v) is 3.45. The molecule has 3 rings (SSSR count). The molecule has 3 aliphatic rings. The largest absolute Gasteiger partial charge is 0.501 e. The van der Waals surface area contributed by atoms with E-state index in [1.54, 1.807) is 13.2 Å². The minimum Gasteiger partial charge on any atom is -0.501 e. The van der Waals surface area contributed by atoms with Gasteiger partial charge in [-0.3, -0.25) is 4.79 Å². The van der Waals surface area contributed by atoms with E-state index in [1.165, 1.54) is 0 Å². The maximum atomic E-state index is 11.6. The van der Waals surface area contributed by atoms with Gasteiger partial charge in [0.25, 0.3) is 0 Å². The molecule has 2 aliphatic heterocycles. The van der Waals surface area contributed by atoms with E-state index >= 15 is 0 Å². The van der Waals surface area contributed by atoms with Crippen molar-refractivity contribution in [2.24, 2.45) is 11.8 Å². The Bertz CT molecular complexity index is 295. The number of ether oxygens (including phenoxy) is 2. The van der Waals surface area contributed by atoms with Crippen molar-refractivity contribution in [1.29, 1.82) is 0 Å². The van der Waals surface area contributed by atoms with Crippen LogP contribution < -0.4 is 0 Å². The van der Waals surface area contributed by atoms with Gasteiger partial charge in [0, 0.05) is 6.08 Å². The minimum absolute atomic E-state index is 0.0775. The number of ketones is 1. The van der Waals surface area contributed by atoms with Gasteiger partial charge >= 0.3 is 0 Å². The Balaban J connectivity index is 1.98. The first kappa shape index (κ1) is 7.56. The number of carbonyl (C=O) groups excluding carboxylic acids is 1. The Labute approximate surface area is 76.7 Å². The van der Waals surface area contributed by atoms with Gasteiger partial charge < -0.3 is 9.47 Å². The summed E-state index contributed by atoms with van der Waals surface area (Å²) in [5, 5.41) is 0. The van der Waals surface area contributed by atoms with E-state index in [-0.39, 0.29) is 29.8 Å². The van der Waals surface area contributed by atoms with Gasteiger partial charge in [-0.25, -0.2) is 0 Å². The summed E-state index contributed by atoms with van der Waals surface area (Å²) in [6, 6.07) is 0. The average molecular weight is 180 g/mol. The van der Waals surface area contributed by atoms with Crippen LogP contribution in [0.3, 0.4) is 0 Å². The molecule has 1 aliphatic carbocycles. The molecule has 2 heterocycles. The lowest BCUT2D eigenvalue weighted by molar-refractivity contribution is -0.119. The molecule has 0 spiro atoms. The zero-order chi connectivity index (χ0) is 9.00. The molecule has 3 nitrogen and oxygen atoms in total. The van der Waals surface area contributed by atoms with E-state index in [0.717, 1.165) is 18.6 Å². The molecule has 0 aromatic rings. The molecule has 0 aromatic heterocycles. The van der Waals surface area contributed by atoms with Crippen molar-refractivity contribution in [2.45, 2.75) is 25.0 Å². The third-order valence-electron chi connectivity index (χ3n) is 3.45. The number of hydrogen-bond acceptors (Lipinski definition) is 3. The van der Waals surface area contributed by atoms with Crippen LogP contribution in [0, 0.1) is 11.8 Å². The summed E-state index contributed by atoms with van der Waals surface area (Å²) < 4.78 is 10.9. The molecule has 0 unspecified atom stereocenters. The van der Waals surface area contributed by atoms with Gasteiger partial charge in [-0.2, -0.15) is 0 Å². The van der Waals surface area contributed by atoms with Crippen molar-refractivity contribution in [3.8, 4) is 0 Å². The van der Waals surface area contributed by atoms with Crippen molar-refractivity contribution in [3.63, 3.8) is 0 Å². The summed E-state index contributed by atoms with van der Waals surface area (Å²) in [5.74, 6) is 1.35. The van der Waals surface area contributed by atoms with Gasteiger partial charge in [-0.15, -0.1) is 0 Å². The molecule has 2 bridgehead atoms. The highest BCUT2D eigenvalue weighted by Gasteiger charge is 2.56. The van der Waals surface area contributed by atoms with Gasteiger partial charge in [0.05, 0.1) is 31.2 Å². The van der Waals surface area contributed by atoms with E-state index in [1.807, 2.05) is 0 Å². The summed E-state index contributed by atoms with van der Waals surface area (Å²) in [6.45, 7) is 0. The molecule has 70 valence electrons. The van der Waals surface area contributed by atoms with Crippen LogP contribution in [-0.4, -0.2) is 25.1 Å². The van der Waals surface area contributed by atoms with Crippen LogP contribution in [-0.2, 0) is 14.3 Å². The number of allylic oxidation sites excluding steroid dienone is 1. The SMILES string of the molecule is COC1=CC(=O)[C@H]2[C@@H]1[C@@H]1CC[C@H]2O1. The number of hydrogen-bond donors (Lipinski definition) is 0. The quantitative estimate of drug-likeness (QED) is 0.601. The molecule has 0 N–H and O–H groups in total. The molecular weight excluding hydrogens is 168 g/mol. The fourth-order valence-corrected chi connectivity index (χ4v) is 2.93. The van der Waals surface area contributed by atoms with E-state index in [0.29, 0.717) is 0 Å². The van der Waals surface area contributed by atoms with Gasteiger partial charge in [0.1, 0.15) is 5.76 Å². The molecule has 2 saturated heterocycles. The Morgan fingerprint density at radius 3 is 2.77 bits per heavy atom. The van der Waals surface area contributed by atoms with Crippen molar-refractivity contribution in [3.05, 3.63) is 11.8 Å². The molecule has 4 atom stereocenters. The summed E-state index contributed by atoms with van der Waals surface area (Å²) in [6.07, 6.45) is 4.20. The molecule has 0 aromatic carbocycles. The van der Waals surface area contributed by atoms with Crippen LogP contribution in [0.4, 0.5) is 0 Å². The fraction of sp³-hybridized carbons (Fsp3) is 0.700. The highest BCUT2D eigenvalue weighted by molar-refractivity contribution is 5.96. The standard InChI is InChI=1S/C10H12O3/c1-12-8-4-5(11)9-6-2-3-7(13-6)10(8)9/h4,6-7,9-10H,2-3H2,1H3/t6-,7+,9-,10-/m1/s1. The lowest BCUT2D eigenvalue weighted by Gasteiger charge is -2.21. The predicted molar refractivity (Wildman–Crippen MR) is 45.0 cm³/mol. The maximum absolute atomic E-state index is 11.6. The molecule has 0 amide bonds. The van der Waals surface area contributed by atoms with Gasteiger partial charge in [0.2, 0.25) is 0 Å². The predicted octanol–water partition coefficient (Wildman–Crippen LogP) is 0.893. The lowest BCUT2D eigenvalue weighted by atomic mass is 9.80. The molecule has 13 heavy (non-hydrogen) atoms. The summed E-state index contributed by atoms with van der Waals surface area (Å²) >= 11 is 0. The highest BCUT2D eigenvalue weighted by Crippen LogP contribution is 2.50. The maximum Gasteiger partial charge on any atom is 0.165 e. The minimum atomic E-state index is 0.0775. The topological polar surface area (TPSA) is 35.5 Å². The second-order valence-electron chi connectivity index (χ2n) is 4.00. The Kier molecular flexibility index (Phi) is 1.37. The van der Waals surface area contributed by atoms with E-state index in [9.17, 15) is 4.79 Å². The zero-order valence-electron chi connectivity index (χ0n) is 7.53. The first-order chi connectivity index (χ1) is 6.31. The van der Waals surface area contributed by atoms with E-state index in [2.05, 4.69) is 0 Å². The number of methoxy groups -OCH3 is 1. The van der Waals surface area contributed by atoms with Crippen LogP contribution in [0.5, 0.6) is 0 Å². The molecule has 0 radical (unpaired) electrons. The van der Waals surface area contributed by atoms with Crippen LogP contribution >= 0.6 is 0 Å². The molecule has 0 saturated carbocycles. The van der Waals surface area contributed by atoms with Crippen LogP contribution in [0.1, 0.15) is 12.8 Å². The zero-order valence-corrected chi connectivity index (χ0v) is 7.53. The molecule has 3 heteroatoms. The van der Waals surface area contributed by atoms with Gasteiger partial charge in [0.15, 0.2) is 5.78 Å². The van der Waals surface area contributed by atoms with Gasteiger partial charge in [-0.1, -0.05) is 0 Å².